The van der Waals surface area contributed by atoms with Gasteiger partial charge in [0.2, 0.25) is 0 Å². The number of carbonyl (C=O) groups is 1. The average Bonchev–Trinajstić information content (AvgIpc) is 1.98. The lowest BCUT2D eigenvalue weighted by Gasteiger charge is -2.22. The zero-order valence-electron chi connectivity index (χ0n) is 8.56. The summed E-state index contributed by atoms with van der Waals surface area (Å²) in [5.41, 5.74) is -0.807. The van der Waals surface area contributed by atoms with Crippen molar-refractivity contribution in [3.8, 4) is 0 Å². The molecule has 0 spiro atoms. The van der Waals surface area contributed by atoms with Gasteiger partial charge in [0, 0.05) is 0 Å². The number of hydrogen-bond donors (Lipinski definition) is 1. The molecule has 0 aromatic heterocycles. The molecule has 0 aliphatic heterocycles. The average molecular weight is 253 g/mol. The van der Waals surface area contributed by atoms with E-state index in [-0.39, 0.29) is 16.9 Å². The van der Waals surface area contributed by atoms with E-state index in [1.165, 1.54) is 0 Å². The zero-order valence-corrected chi connectivity index (χ0v) is 10.1. The minimum atomic E-state index is -0.807. The summed E-state index contributed by atoms with van der Waals surface area (Å²) in [6.45, 7) is 7.22. The molecule has 4 heteroatoms. The van der Waals surface area contributed by atoms with Gasteiger partial charge in [0.05, 0.1) is 16.3 Å². The van der Waals surface area contributed by atoms with Crippen molar-refractivity contribution in [2.75, 3.05) is 13.2 Å². The van der Waals surface area contributed by atoms with Gasteiger partial charge in [0.15, 0.2) is 0 Å². The third kappa shape index (κ3) is 5.26. The summed E-state index contributed by atoms with van der Waals surface area (Å²) >= 11 is 3.36. The van der Waals surface area contributed by atoms with Crippen molar-refractivity contribution in [1.29, 1.82) is 0 Å². The highest BCUT2D eigenvalue weighted by Gasteiger charge is 2.29. The highest BCUT2D eigenvalue weighted by atomic mass is 79.9. The first-order chi connectivity index (χ1) is 5.69. The Bertz CT molecular complexity index is 182. The maximum Gasteiger partial charge on any atom is 0.313 e. The quantitative estimate of drug-likeness (QED) is 0.613. The molecule has 0 fully saturated rings. The van der Waals surface area contributed by atoms with Crippen LogP contribution < -0.4 is 0 Å². The topological polar surface area (TPSA) is 46.5 Å². The number of esters is 1. The molecule has 0 saturated heterocycles. The van der Waals surface area contributed by atoms with Gasteiger partial charge in [-0.25, -0.2) is 0 Å². The molecule has 0 bridgehead atoms. The molecule has 78 valence electrons. The number of rotatable bonds is 4. The van der Waals surface area contributed by atoms with Gasteiger partial charge in [-0.2, -0.15) is 0 Å². The first-order valence-corrected chi connectivity index (χ1v) is 4.95. The number of aliphatic hydroxyl groups excluding tert-OH is 1. The molecule has 13 heavy (non-hydrogen) atoms. The smallest absolute Gasteiger partial charge is 0.313 e. The number of alkyl halides is 1. The van der Waals surface area contributed by atoms with Crippen molar-refractivity contribution in [2.45, 2.75) is 32.0 Å². The highest BCUT2D eigenvalue weighted by molar-refractivity contribution is 9.10. The van der Waals surface area contributed by atoms with Crippen molar-refractivity contribution in [1.82, 2.24) is 0 Å². The first-order valence-electron chi connectivity index (χ1n) is 4.16. The predicted octanol–water partition coefficient (Wildman–Crippen LogP) is 1.72. The van der Waals surface area contributed by atoms with Crippen LogP contribution in [0.15, 0.2) is 0 Å². The molecule has 0 rings (SSSR count). The summed E-state index contributed by atoms with van der Waals surface area (Å²) in [5.74, 6) is -0.373. The van der Waals surface area contributed by atoms with Gasteiger partial charge < -0.3 is 9.84 Å². The van der Waals surface area contributed by atoms with Gasteiger partial charge in [-0.05, 0) is 27.7 Å². The van der Waals surface area contributed by atoms with Crippen molar-refractivity contribution < 1.29 is 14.6 Å². The van der Waals surface area contributed by atoms with E-state index in [1.54, 1.807) is 13.8 Å². The Morgan fingerprint density at radius 1 is 1.38 bits per heavy atom. The number of carbonyl (C=O) groups excluding carboxylic acids is 1. The van der Waals surface area contributed by atoms with E-state index in [1.807, 2.05) is 13.8 Å². The molecule has 1 N–H and O–H groups in total. The molecule has 0 saturated carbocycles. The molecule has 3 nitrogen and oxygen atoms in total. The monoisotopic (exact) mass is 252 g/mol. The van der Waals surface area contributed by atoms with Crippen molar-refractivity contribution in [3.05, 3.63) is 0 Å². The van der Waals surface area contributed by atoms with Crippen LogP contribution in [-0.4, -0.2) is 28.6 Å². The summed E-state index contributed by atoms with van der Waals surface area (Å²) in [5, 5.41) is 8.88. The second-order valence-corrected chi connectivity index (χ2v) is 6.48. The summed E-state index contributed by atoms with van der Waals surface area (Å²) in [7, 11) is 0. The van der Waals surface area contributed by atoms with Crippen LogP contribution in [0, 0.1) is 5.41 Å². The van der Waals surface area contributed by atoms with Gasteiger partial charge in [-0.3, -0.25) is 4.79 Å². The van der Waals surface area contributed by atoms with E-state index in [9.17, 15) is 4.79 Å². The summed E-state index contributed by atoms with van der Waals surface area (Å²) in [6.07, 6.45) is 0. The van der Waals surface area contributed by atoms with Crippen LogP contribution in [0.3, 0.4) is 0 Å². The summed E-state index contributed by atoms with van der Waals surface area (Å²) in [6, 6.07) is 0. The molecule has 0 aromatic rings. The van der Waals surface area contributed by atoms with Gasteiger partial charge in [0.25, 0.3) is 0 Å². The van der Waals surface area contributed by atoms with E-state index >= 15 is 0 Å². The molecule has 0 atom stereocenters. The second kappa shape index (κ2) is 4.42. The lowest BCUT2D eigenvalue weighted by atomic mass is 9.95. The molecular weight excluding hydrogens is 236 g/mol. The predicted molar refractivity (Wildman–Crippen MR) is 54.8 cm³/mol. The number of aliphatic hydroxyl groups is 1. The lowest BCUT2D eigenvalue weighted by molar-refractivity contribution is -0.156. The maximum atomic E-state index is 11.3. The Balaban J connectivity index is 4.03. The molecule has 0 amide bonds. The third-order valence-electron chi connectivity index (χ3n) is 1.49. The Hall–Kier alpha value is -0.0900. The molecule has 0 heterocycles. The summed E-state index contributed by atoms with van der Waals surface area (Å²) in [4.78, 5) is 11.3. The van der Waals surface area contributed by atoms with Crippen molar-refractivity contribution in [2.24, 2.45) is 5.41 Å². The minimum Gasteiger partial charge on any atom is -0.464 e. The highest BCUT2D eigenvalue weighted by Crippen LogP contribution is 2.20. The second-order valence-electron chi connectivity index (χ2n) is 4.34. The van der Waals surface area contributed by atoms with Crippen LogP contribution >= 0.6 is 15.9 Å². The van der Waals surface area contributed by atoms with Crippen LogP contribution in [0.25, 0.3) is 0 Å². The van der Waals surface area contributed by atoms with Gasteiger partial charge in [0.1, 0.15) is 6.61 Å². The molecule has 0 aliphatic rings. The Kier molecular flexibility index (Phi) is 4.39. The van der Waals surface area contributed by atoms with Crippen molar-refractivity contribution >= 4 is 21.9 Å². The standard InChI is InChI=1S/C9H17BrO3/c1-8(2,5-11)7(12)13-6-9(3,4)10/h11H,5-6H2,1-4H3. The lowest BCUT2D eigenvalue weighted by Crippen LogP contribution is -2.33. The van der Waals surface area contributed by atoms with E-state index in [4.69, 9.17) is 9.84 Å². The van der Waals surface area contributed by atoms with Crippen LogP contribution in [0.2, 0.25) is 0 Å². The molecule has 0 aliphatic carbocycles. The van der Waals surface area contributed by atoms with E-state index in [2.05, 4.69) is 15.9 Å². The number of ether oxygens (including phenoxy) is 1. The fraction of sp³-hybridized carbons (Fsp3) is 0.889. The summed E-state index contributed by atoms with van der Waals surface area (Å²) < 4.78 is 4.80. The first kappa shape index (κ1) is 12.9. The fourth-order valence-electron chi connectivity index (χ4n) is 0.497. The van der Waals surface area contributed by atoms with Gasteiger partial charge in [-0.15, -0.1) is 0 Å². The van der Waals surface area contributed by atoms with E-state index in [0.717, 1.165) is 0 Å². The Labute approximate surface area is 87.6 Å². The molecular formula is C9H17BrO3. The normalized spacial score (nSPS) is 12.8. The molecule has 0 unspecified atom stereocenters. The number of halogens is 1. The van der Waals surface area contributed by atoms with Gasteiger partial charge in [-0.1, -0.05) is 15.9 Å². The van der Waals surface area contributed by atoms with E-state index < -0.39 is 5.41 Å². The molecule has 0 radical (unpaired) electrons. The number of hydrogen-bond acceptors (Lipinski definition) is 3. The Morgan fingerprint density at radius 2 is 1.85 bits per heavy atom. The van der Waals surface area contributed by atoms with Crippen LogP contribution in [0.5, 0.6) is 0 Å². The maximum absolute atomic E-state index is 11.3. The van der Waals surface area contributed by atoms with Crippen LogP contribution in [0.4, 0.5) is 0 Å². The van der Waals surface area contributed by atoms with Crippen molar-refractivity contribution in [3.63, 3.8) is 0 Å². The third-order valence-corrected chi connectivity index (χ3v) is 1.72. The minimum absolute atomic E-state index is 0.200. The van der Waals surface area contributed by atoms with E-state index in [0.29, 0.717) is 6.61 Å². The van der Waals surface area contributed by atoms with Crippen LogP contribution in [0.1, 0.15) is 27.7 Å². The van der Waals surface area contributed by atoms with Gasteiger partial charge >= 0.3 is 5.97 Å². The fourth-order valence-corrected chi connectivity index (χ4v) is 0.612. The van der Waals surface area contributed by atoms with Crippen LogP contribution in [-0.2, 0) is 9.53 Å². The SMILES string of the molecule is CC(C)(Br)COC(=O)C(C)(C)CO. The Morgan fingerprint density at radius 3 is 2.15 bits per heavy atom. The molecule has 0 aromatic carbocycles. The zero-order chi connectivity index (χ0) is 10.7. The largest absolute Gasteiger partial charge is 0.464 e.